The van der Waals surface area contributed by atoms with Crippen molar-refractivity contribution in [2.24, 2.45) is 0 Å². The maximum absolute atomic E-state index is 12.8. The molecule has 70 valence electrons. The number of hydrogen-bond donors (Lipinski definition) is 2. The summed E-state index contributed by atoms with van der Waals surface area (Å²) in [6, 6.07) is 2.40. The number of halogens is 2. The zero-order valence-corrected chi connectivity index (χ0v) is 7.74. The van der Waals surface area contributed by atoms with Crippen molar-refractivity contribution in [1.82, 2.24) is 0 Å². The summed E-state index contributed by atoms with van der Waals surface area (Å²) in [5.41, 5.74) is 1.40. The molecule has 0 fully saturated rings. The van der Waals surface area contributed by atoms with Gasteiger partial charge in [-0.05, 0) is 18.1 Å². The van der Waals surface area contributed by atoms with E-state index in [0.717, 1.165) is 18.5 Å². The Balaban J connectivity index is 2.52. The molecule has 0 saturated heterocycles. The smallest absolute Gasteiger partial charge is 0.160 e. The maximum atomic E-state index is 12.8. The van der Waals surface area contributed by atoms with Crippen LogP contribution in [0.4, 0.5) is 14.5 Å². The summed E-state index contributed by atoms with van der Waals surface area (Å²) >= 11 is 4.29. The van der Waals surface area contributed by atoms with Gasteiger partial charge >= 0.3 is 0 Å². The fourth-order valence-electron chi connectivity index (χ4n) is 1.49. The van der Waals surface area contributed by atoms with Gasteiger partial charge in [0.15, 0.2) is 11.6 Å². The maximum Gasteiger partial charge on any atom is 0.160 e. The van der Waals surface area contributed by atoms with Gasteiger partial charge in [-0.15, -0.1) is 0 Å². The molecule has 0 radical (unpaired) electrons. The Hall–Kier alpha value is -0.770. The standard InChI is InChI=1S/C9H9F2NS/c10-6-3-5-8(4-7(6)11)12-2-1-9(5)13/h3-4,9,12-13H,1-2H2. The van der Waals surface area contributed by atoms with Gasteiger partial charge in [0, 0.05) is 23.5 Å². The first kappa shape index (κ1) is 8.81. The van der Waals surface area contributed by atoms with E-state index in [0.29, 0.717) is 5.69 Å². The number of rotatable bonds is 0. The van der Waals surface area contributed by atoms with Gasteiger partial charge in [0.05, 0.1) is 0 Å². The van der Waals surface area contributed by atoms with E-state index in [1.807, 2.05) is 0 Å². The van der Waals surface area contributed by atoms with Crippen molar-refractivity contribution in [3.63, 3.8) is 0 Å². The molecule has 4 heteroatoms. The quantitative estimate of drug-likeness (QED) is 0.615. The van der Waals surface area contributed by atoms with Crippen LogP contribution in [0.15, 0.2) is 12.1 Å². The van der Waals surface area contributed by atoms with Crippen LogP contribution >= 0.6 is 12.6 Å². The van der Waals surface area contributed by atoms with Crippen LogP contribution < -0.4 is 5.32 Å². The van der Waals surface area contributed by atoms with E-state index in [4.69, 9.17) is 0 Å². The molecule has 1 nitrogen and oxygen atoms in total. The molecule has 1 heterocycles. The third-order valence-corrected chi connectivity index (χ3v) is 2.72. The number of fused-ring (bicyclic) bond motifs is 1. The van der Waals surface area contributed by atoms with E-state index in [2.05, 4.69) is 17.9 Å². The van der Waals surface area contributed by atoms with E-state index in [1.54, 1.807) is 0 Å². The summed E-state index contributed by atoms with van der Waals surface area (Å²) in [6.45, 7) is 0.756. The van der Waals surface area contributed by atoms with Crippen LogP contribution in [0, 0.1) is 11.6 Å². The van der Waals surface area contributed by atoms with Gasteiger partial charge in [-0.3, -0.25) is 0 Å². The first-order valence-corrected chi connectivity index (χ1v) is 4.61. The fraction of sp³-hybridized carbons (Fsp3) is 0.333. The molecule has 0 aromatic heterocycles. The van der Waals surface area contributed by atoms with Crippen LogP contribution in [0.3, 0.4) is 0 Å². The highest BCUT2D eigenvalue weighted by Gasteiger charge is 2.19. The Morgan fingerprint density at radius 3 is 2.77 bits per heavy atom. The highest BCUT2D eigenvalue weighted by molar-refractivity contribution is 7.80. The lowest BCUT2D eigenvalue weighted by molar-refractivity contribution is 0.506. The first-order valence-electron chi connectivity index (χ1n) is 4.09. The Morgan fingerprint density at radius 1 is 1.31 bits per heavy atom. The van der Waals surface area contributed by atoms with Crippen molar-refractivity contribution in [3.8, 4) is 0 Å². The molecule has 1 aliphatic rings. The van der Waals surface area contributed by atoms with Gasteiger partial charge in [-0.2, -0.15) is 12.6 Å². The summed E-state index contributed by atoms with van der Waals surface area (Å²) in [4.78, 5) is 0. The van der Waals surface area contributed by atoms with Gasteiger partial charge in [-0.1, -0.05) is 0 Å². The lowest BCUT2D eigenvalue weighted by Gasteiger charge is -2.23. The normalized spacial score (nSPS) is 20.7. The monoisotopic (exact) mass is 201 g/mol. The Bertz CT molecular complexity index is 341. The second kappa shape index (κ2) is 3.18. The minimum atomic E-state index is -0.811. The zero-order valence-electron chi connectivity index (χ0n) is 6.85. The third-order valence-electron chi connectivity index (χ3n) is 2.18. The molecule has 0 amide bonds. The molecule has 2 rings (SSSR count). The number of thiol groups is 1. The molecule has 0 aliphatic carbocycles. The van der Waals surface area contributed by atoms with Crippen molar-refractivity contribution < 1.29 is 8.78 Å². The Labute approximate surface area is 80.6 Å². The predicted octanol–water partition coefficient (Wildman–Crippen LogP) is 2.75. The molecule has 0 spiro atoms. The van der Waals surface area contributed by atoms with Gasteiger partial charge in [0.25, 0.3) is 0 Å². The lowest BCUT2D eigenvalue weighted by Crippen LogP contribution is -2.14. The highest BCUT2D eigenvalue weighted by atomic mass is 32.1. The van der Waals surface area contributed by atoms with Gasteiger partial charge in [0.2, 0.25) is 0 Å². The van der Waals surface area contributed by atoms with Crippen molar-refractivity contribution in [2.45, 2.75) is 11.7 Å². The largest absolute Gasteiger partial charge is 0.385 e. The molecular formula is C9H9F2NS. The molecule has 1 atom stereocenters. The van der Waals surface area contributed by atoms with E-state index in [9.17, 15) is 8.78 Å². The molecule has 13 heavy (non-hydrogen) atoms. The molecule has 1 aromatic carbocycles. The van der Waals surface area contributed by atoms with Crippen LogP contribution in [0.25, 0.3) is 0 Å². The van der Waals surface area contributed by atoms with Gasteiger partial charge in [0.1, 0.15) is 0 Å². The van der Waals surface area contributed by atoms with E-state index < -0.39 is 11.6 Å². The summed E-state index contributed by atoms with van der Waals surface area (Å²) < 4.78 is 25.6. The lowest BCUT2D eigenvalue weighted by atomic mass is 10.0. The Kier molecular flexibility index (Phi) is 2.15. The SMILES string of the molecule is Fc1cc2c(cc1F)C(S)CCN2. The molecule has 0 saturated carbocycles. The molecule has 1 aliphatic heterocycles. The first-order chi connectivity index (χ1) is 6.18. The average Bonchev–Trinajstić information content (AvgIpc) is 2.09. The minimum absolute atomic E-state index is 0.00588. The summed E-state index contributed by atoms with van der Waals surface area (Å²) in [5.74, 6) is -1.62. The molecule has 0 bridgehead atoms. The summed E-state index contributed by atoms with van der Waals surface area (Å²) in [5, 5.41) is 3.01. The molecule has 1 N–H and O–H groups in total. The number of benzene rings is 1. The second-order valence-corrected chi connectivity index (χ2v) is 3.71. The van der Waals surface area contributed by atoms with Crippen LogP contribution in [0.1, 0.15) is 17.2 Å². The molecule has 1 aromatic rings. The summed E-state index contributed by atoms with van der Waals surface area (Å²) in [7, 11) is 0. The Morgan fingerprint density at radius 2 is 2.00 bits per heavy atom. The van der Waals surface area contributed by atoms with Crippen molar-refractivity contribution in [3.05, 3.63) is 29.3 Å². The topological polar surface area (TPSA) is 12.0 Å². The zero-order chi connectivity index (χ0) is 9.42. The van der Waals surface area contributed by atoms with E-state index in [-0.39, 0.29) is 5.25 Å². The minimum Gasteiger partial charge on any atom is -0.385 e. The van der Waals surface area contributed by atoms with Crippen molar-refractivity contribution in [1.29, 1.82) is 0 Å². The van der Waals surface area contributed by atoms with Gasteiger partial charge < -0.3 is 5.32 Å². The number of anilines is 1. The average molecular weight is 201 g/mol. The molecular weight excluding hydrogens is 192 g/mol. The number of nitrogens with one attached hydrogen (secondary N) is 1. The van der Waals surface area contributed by atoms with Crippen LogP contribution in [0.2, 0.25) is 0 Å². The van der Waals surface area contributed by atoms with Crippen molar-refractivity contribution >= 4 is 18.3 Å². The van der Waals surface area contributed by atoms with Crippen LogP contribution in [-0.4, -0.2) is 6.54 Å². The fourth-order valence-corrected chi connectivity index (χ4v) is 1.83. The van der Waals surface area contributed by atoms with Gasteiger partial charge in [-0.25, -0.2) is 8.78 Å². The molecule has 1 unspecified atom stereocenters. The van der Waals surface area contributed by atoms with Crippen LogP contribution in [0.5, 0.6) is 0 Å². The van der Waals surface area contributed by atoms with Crippen molar-refractivity contribution in [2.75, 3.05) is 11.9 Å². The highest BCUT2D eigenvalue weighted by Crippen LogP contribution is 2.35. The number of hydrogen-bond acceptors (Lipinski definition) is 2. The van der Waals surface area contributed by atoms with E-state index in [1.165, 1.54) is 12.1 Å². The van der Waals surface area contributed by atoms with Crippen LogP contribution in [-0.2, 0) is 0 Å². The second-order valence-electron chi connectivity index (χ2n) is 3.08. The predicted molar refractivity (Wildman–Crippen MR) is 51.2 cm³/mol. The summed E-state index contributed by atoms with van der Waals surface area (Å²) in [6.07, 6.45) is 0.835. The van der Waals surface area contributed by atoms with E-state index >= 15 is 0 Å². The third kappa shape index (κ3) is 1.50.